The summed E-state index contributed by atoms with van der Waals surface area (Å²) in [6.45, 7) is 0. The number of aromatic nitrogens is 1. The minimum absolute atomic E-state index is 0.170. The maximum atomic E-state index is 10.9. The molecule has 0 saturated carbocycles. The molecule has 0 aliphatic carbocycles. The Morgan fingerprint density at radius 2 is 2.00 bits per heavy atom. The highest BCUT2D eigenvalue weighted by molar-refractivity contribution is 7.11. The molecule has 0 unspecified atom stereocenters. The number of aromatic amines is 1. The van der Waals surface area contributed by atoms with Crippen LogP contribution in [0.1, 0.15) is 15.2 Å². The van der Waals surface area contributed by atoms with Crippen LogP contribution in [0.25, 0.3) is 0 Å². The molecule has 1 aromatic carbocycles. The Bertz CT molecular complexity index is 654. The molecule has 0 saturated heterocycles. The van der Waals surface area contributed by atoms with Crippen LogP contribution in [0.5, 0.6) is 5.88 Å². The SMILES string of the molecule is O=C(O)c1ccc(N=Cc2sc(=O)[nH]c2O)cc1. The number of H-pyrrole nitrogens is 1. The zero-order valence-corrected chi connectivity index (χ0v) is 9.77. The molecule has 0 atom stereocenters. The number of carbonyl (C=O) groups is 1. The van der Waals surface area contributed by atoms with Gasteiger partial charge in [-0.1, -0.05) is 11.3 Å². The summed E-state index contributed by atoms with van der Waals surface area (Å²) in [6, 6.07) is 5.92. The summed E-state index contributed by atoms with van der Waals surface area (Å²) in [7, 11) is 0. The number of benzene rings is 1. The van der Waals surface area contributed by atoms with Crippen LogP contribution in [-0.2, 0) is 0 Å². The zero-order chi connectivity index (χ0) is 13.1. The highest BCUT2D eigenvalue weighted by atomic mass is 32.1. The van der Waals surface area contributed by atoms with Gasteiger partial charge in [-0.15, -0.1) is 0 Å². The van der Waals surface area contributed by atoms with E-state index >= 15 is 0 Å². The quantitative estimate of drug-likeness (QED) is 0.732. The summed E-state index contributed by atoms with van der Waals surface area (Å²) in [5.41, 5.74) is 0.698. The van der Waals surface area contributed by atoms with Gasteiger partial charge in [0, 0.05) is 0 Å². The fraction of sp³-hybridized carbons (Fsp3) is 0. The maximum absolute atomic E-state index is 10.9. The summed E-state index contributed by atoms with van der Waals surface area (Å²) >= 11 is 0.837. The average Bonchev–Trinajstić information content (AvgIpc) is 2.66. The van der Waals surface area contributed by atoms with Gasteiger partial charge in [0.2, 0.25) is 5.88 Å². The number of hydrogen-bond acceptors (Lipinski definition) is 5. The van der Waals surface area contributed by atoms with Crippen molar-refractivity contribution in [3.05, 3.63) is 44.4 Å². The number of nitrogens with one attached hydrogen (secondary N) is 1. The summed E-state index contributed by atoms with van der Waals surface area (Å²) in [4.78, 5) is 27.7. The van der Waals surface area contributed by atoms with Crippen molar-refractivity contribution in [2.24, 2.45) is 4.99 Å². The van der Waals surface area contributed by atoms with Crippen molar-refractivity contribution in [1.29, 1.82) is 0 Å². The zero-order valence-electron chi connectivity index (χ0n) is 8.95. The molecule has 0 amide bonds. The van der Waals surface area contributed by atoms with Crippen molar-refractivity contribution in [3.8, 4) is 5.88 Å². The first kappa shape index (κ1) is 12.1. The van der Waals surface area contributed by atoms with Crippen LogP contribution in [0.2, 0.25) is 0 Å². The van der Waals surface area contributed by atoms with E-state index in [1.165, 1.54) is 30.5 Å². The minimum atomic E-state index is -1.01. The number of aliphatic imine (C=N–C) groups is 1. The molecule has 0 aliphatic heterocycles. The number of thiazole rings is 1. The molecule has 3 N–H and O–H groups in total. The van der Waals surface area contributed by atoms with E-state index < -0.39 is 5.97 Å². The number of carboxylic acid groups (broad SMARTS) is 1. The third kappa shape index (κ3) is 2.64. The molecule has 2 rings (SSSR count). The molecule has 6 nitrogen and oxygen atoms in total. The van der Waals surface area contributed by atoms with Crippen molar-refractivity contribution in [3.63, 3.8) is 0 Å². The standard InChI is InChI=1S/C11H8N2O4S/c14-9-8(18-11(17)13-9)5-12-7-3-1-6(2-4-7)10(15)16/h1-5,14H,(H,13,17)(H,15,16). The van der Waals surface area contributed by atoms with Gasteiger partial charge in [0.05, 0.1) is 17.5 Å². The van der Waals surface area contributed by atoms with E-state index in [4.69, 9.17) is 5.11 Å². The summed E-state index contributed by atoms with van der Waals surface area (Å²) in [5.74, 6) is -1.23. The summed E-state index contributed by atoms with van der Waals surface area (Å²) < 4.78 is 0. The van der Waals surface area contributed by atoms with Gasteiger partial charge in [0.25, 0.3) is 0 Å². The van der Waals surface area contributed by atoms with Crippen LogP contribution in [-0.4, -0.2) is 27.4 Å². The van der Waals surface area contributed by atoms with Gasteiger partial charge in [0.1, 0.15) is 4.88 Å². The third-order valence-corrected chi connectivity index (χ3v) is 2.91. The number of hydrogen-bond donors (Lipinski definition) is 3. The molecule has 0 radical (unpaired) electrons. The first-order chi connectivity index (χ1) is 8.56. The number of aromatic hydroxyl groups is 1. The van der Waals surface area contributed by atoms with Crippen LogP contribution < -0.4 is 4.87 Å². The van der Waals surface area contributed by atoms with E-state index in [9.17, 15) is 14.7 Å². The van der Waals surface area contributed by atoms with Crippen molar-refractivity contribution in [2.45, 2.75) is 0 Å². The maximum Gasteiger partial charge on any atom is 0.335 e. The first-order valence-electron chi connectivity index (χ1n) is 4.86. The second-order valence-corrected chi connectivity index (χ2v) is 4.35. The van der Waals surface area contributed by atoms with E-state index in [1.54, 1.807) is 0 Å². The molecule has 1 aromatic heterocycles. The van der Waals surface area contributed by atoms with Gasteiger partial charge in [-0.3, -0.25) is 14.8 Å². The van der Waals surface area contributed by atoms with E-state index in [2.05, 4.69) is 9.98 Å². The lowest BCUT2D eigenvalue weighted by Gasteiger charge is -1.95. The third-order valence-electron chi connectivity index (χ3n) is 2.10. The van der Waals surface area contributed by atoms with Crippen molar-refractivity contribution in [1.82, 2.24) is 4.98 Å². The molecule has 0 fully saturated rings. The Hall–Kier alpha value is -2.41. The lowest BCUT2D eigenvalue weighted by atomic mass is 10.2. The topological polar surface area (TPSA) is 103 Å². The Kier molecular flexibility index (Phi) is 3.24. The van der Waals surface area contributed by atoms with Gasteiger partial charge >= 0.3 is 10.8 Å². The van der Waals surface area contributed by atoms with Crippen molar-refractivity contribution < 1.29 is 15.0 Å². The molecule has 7 heteroatoms. The molecule has 2 aromatic rings. The first-order valence-corrected chi connectivity index (χ1v) is 5.67. The van der Waals surface area contributed by atoms with Crippen molar-refractivity contribution >= 4 is 29.2 Å². The average molecular weight is 264 g/mol. The van der Waals surface area contributed by atoms with E-state index in [0.717, 1.165) is 11.3 Å². The second kappa shape index (κ2) is 4.84. The largest absolute Gasteiger partial charge is 0.493 e. The summed E-state index contributed by atoms with van der Waals surface area (Å²) in [5, 5.41) is 18.0. The minimum Gasteiger partial charge on any atom is -0.493 e. The highest BCUT2D eigenvalue weighted by Gasteiger charge is 2.04. The molecule has 0 bridgehead atoms. The van der Waals surface area contributed by atoms with Gasteiger partial charge in [-0.25, -0.2) is 4.79 Å². The Morgan fingerprint density at radius 3 is 2.50 bits per heavy atom. The molecule has 1 heterocycles. The Balaban J connectivity index is 2.21. The van der Waals surface area contributed by atoms with E-state index in [-0.39, 0.29) is 16.3 Å². The van der Waals surface area contributed by atoms with Gasteiger partial charge < -0.3 is 10.2 Å². The van der Waals surface area contributed by atoms with E-state index in [0.29, 0.717) is 10.6 Å². The number of carboxylic acids is 1. The predicted octanol–water partition coefficient (Wildman–Crippen LogP) is 1.59. The van der Waals surface area contributed by atoms with Crippen LogP contribution in [0, 0.1) is 0 Å². The number of rotatable bonds is 3. The van der Waals surface area contributed by atoms with Gasteiger partial charge in [-0.05, 0) is 24.3 Å². The van der Waals surface area contributed by atoms with E-state index in [1.807, 2.05) is 0 Å². The monoisotopic (exact) mass is 264 g/mol. The Labute approximate surface area is 105 Å². The van der Waals surface area contributed by atoms with Crippen molar-refractivity contribution in [2.75, 3.05) is 0 Å². The Morgan fingerprint density at radius 1 is 1.33 bits per heavy atom. The number of aromatic carboxylic acids is 1. The fourth-order valence-corrected chi connectivity index (χ4v) is 1.84. The second-order valence-electron chi connectivity index (χ2n) is 3.34. The lowest BCUT2D eigenvalue weighted by molar-refractivity contribution is 0.0697. The molecule has 18 heavy (non-hydrogen) atoms. The van der Waals surface area contributed by atoms with Crippen LogP contribution >= 0.6 is 11.3 Å². The lowest BCUT2D eigenvalue weighted by Crippen LogP contribution is -1.94. The molecule has 0 aliphatic rings. The molecular weight excluding hydrogens is 256 g/mol. The smallest absolute Gasteiger partial charge is 0.335 e. The van der Waals surface area contributed by atoms with Crippen LogP contribution in [0.4, 0.5) is 5.69 Å². The van der Waals surface area contributed by atoms with Gasteiger partial charge in [0.15, 0.2) is 0 Å². The molecule has 92 valence electrons. The fourth-order valence-electron chi connectivity index (χ4n) is 1.24. The predicted molar refractivity (Wildman–Crippen MR) is 67.3 cm³/mol. The molecular formula is C11H8N2O4S. The normalized spacial score (nSPS) is 10.9. The summed E-state index contributed by atoms with van der Waals surface area (Å²) in [6.07, 6.45) is 1.34. The van der Waals surface area contributed by atoms with Gasteiger partial charge in [-0.2, -0.15) is 0 Å². The highest BCUT2D eigenvalue weighted by Crippen LogP contribution is 2.16. The number of nitrogens with zero attached hydrogens (tertiary/aromatic N) is 1. The molecule has 0 spiro atoms. The van der Waals surface area contributed by atoms with Crippen LogP contribution in [0.15, 0.2) is 34.1 Å². The van der Waals surface area contributed by atoms with Crippen LogP contribution in [0.3, 0.4) is 0 Å².